The number of nitrogens with one attached hydrogen (secondary N) is 2. The molecule has 224 valence electrons. The van der Waals surface area contributed by atoms with Crippen molar-refractivity contribution in [3.05, 3.63) is 77.2 Å². The molecule has 41 heavy (non-hydrogen) atoms. The van der Waals surface area contributed by atoms with Crippen molar-refractivity contribution in [1.82, 2.24) is 20.6 Å². The Balaban J connectivity index is 0.000000587. The quantitative estimate of drug-likeness (QED) is 0.472. The van der Waals surface area contributed by atoms with E-state index in [-0.39, 0.29) is 42.3 Å². The molecule has 1 amide bonds. The van der Waals surface area contributed by atoms with E-state index < -0.39 is 35.1 Å². The maximum Gasteiger partial charge on any atom is 0.416 e. The highest BCUT2D eigenvalue weighted by Gasteiger charge is 2.48. The molecule has 1 saturated heterocycles. The molecule has 1 fully saturated rings. The molecule has 0 saturated carbocycles. The maximum atomic E-state index is 13.6. The Labute approximate surface area is 232 Å². The van der Waals surface area contributed by atoms with Gasteiger partial charge in [0, 0.05) is 57.1 Å². The Morgan fingerprint density at radius 3 is 2.02 bits per heavy atom. The molecular weight excluding hydrogens is 559 g/mol. The SMILES string of the molecule is CNC(=O)C(C)C.Fc1ccc(ON2C=CC=NC2(c2cc(C(F)(F)F)cc(C(F)(F)F)c2)N2CCNCC2)cc1. The first-order valence-electron chi connectivity index (χ1n) is 12.6. The van der Waals surface area contributed by atoms with E-state index in [1.165, 1.54) is 30.6 Å². The number of benzene rings is 2. The minimum absolute atomic E-state index is 0.0719. The van der Waals surface area contributed by atoms with Crippen molar-refractivity contribution < 1.29 is 40.4 Å². The number of piperazine rings is 1. The summed E-state index contributed by atoms with van der Waals surface area (Å²) in [6.45, 7) is 5.09. The van der Waals surface area contributed by atoms with Gasteiger partial charge in [0.05, 0.1) is 11.1 Å². The minimum Gasteiger partial charge on any atom is -0.376 e. The van der Waals surface area contributed by atoms with Gasteiger partial charge in [0.25, 0.3) is 0 Å². The molecule has 2 aliphatic heterocycles. The first kappa shape index (κ1) is 31.9. The third-order valence-electron chi connectivity index (χ3n) is 6.19. The minimum atomic E-state index is -5.03. The van der Waals surface area contributed by atoms with Crippen LogP contribution in [0, 0.1) is 11.7 Å². The Kier molecular flexibility index (Phi) is 10.0. The summed E-state index contributed by atoms with van der Waals surface area (Å²) in [5.41, 5.74) is -3.30. The molecule has 4 rings (SSSR count). The van der Waals surface area contributed by atoms with Crippen molar-refractivity contribution in [2.45, 2.75) is 32.0 Å². The van der Waals surface area contributed by atoms with Crippen LogP contribution in [0.5, 0.6) is 5.75 Å². The molecule has 2 aliphatic rings. The second-order valence-corrected chi connectivity index (χ2v) is 9.43. The summed E-state index contributed by atoms with van der Waals surface area (Å²) in [4.78, 5) is 22.2. The summed E-state index contributed by atoms with van der Waals surface area (Å²) in [6, 6.07) is 6.18. The lowest BCUT2D eigenvalue weighted by atomic mass is 9.97. The number of allylic oxidation sites excluding steroid dienone is 1. The summed E-state index contributed by atoms with van der Waals surface area (Å²) in [7, 11) is 1.64. The van der Waals surface area contributed by atoms with Crippen molar-refractivity contribution in [3.63, 3.8) is 0 Å². The van der Waals surface area contributed by atoms with E-state index in [4.69, 9.17) is 4.84 Å². The van der Waals surface area contributed by atoms with Crippen LogP contribution in [0.4, 0.5) is 30.7 Å². The summed E-state index contributed by atoms with van der Waals surface area (Å²) in [6.07, 6.45) is -5.98. The lowest BCUT2D eigenvalue weighted by Gasteiger charge is -2.49. The van der Waals surface area contributed by atoms with Crippen LogP contribution in [-0.4, -0.2) is 55.3 Å². The molecule has 2 aromatic carbocycles. The Hall–Kier alpha value is -3.65. The first-order valence-corrected chi connectivity index (χ1v) is 12.6. The van der Waals surface area contributed by atoms with Gasteiger partial charge in [0.1, 0.15) is 5.82 Å². The van der Waals surface area contributed by atoms with Crippen molar-refractivity contribution in [2.75, 3.05) is 33.2 Å². The van der Waals surface area contributed by atoms with Crippen molar-refractivity contribution in [1.29, 1.82) is 0 Å². The Morgan fingerprint density at radius 1 is 1.00 bits per heavy atom. The molecule has 0 bridgehead atoms. The highest BCUT2D eigenvalue weighted by atomic mass is 19.4. The number of rotatable bonds is 5. The van der Waals surface area contributed by atoms with Gasteiger partial charge in [-0.3, -0.25) is 9.69 Å². The largest absolute Gasteiger partial charge is 0.416 e. The molecule has 2 N–H and O–H groups in total. The van der Waals surface area contributed by atoms with Gasteiger partial charge in [-0.05, 0) is 48.5 Å². The van der Waals surface area contributed by atoms with E-state index in [9.17, 15) is 35.5 Å². The normalized spacial score (nSPS) is 19.5. The monoisotopic (exact) mass is 589 g/mol. The molecule has 0 aliphatic carbocycles. The third kappa shape index (κ3) is 7.76. The van der Waals surface area contributed by atoms with E-state index >= 15 is 0 Å². The number of hydrogen-bond donors (Lipinski definition) is 2. The van der Waals surface area contributed by atoms with E-state index in [0.29, 0.717) is 25.2 Å². The number of carbonyl (C=O) groups excluding carboxylic acids is 1. The van der Waals surface area contributed by atoms with E-state index in [1.807, 2.05) is 13.8 Å². The summed E-state index contributed by atoms with van der Waals surface area (Å²) >= 11 is 0. The molecule has 0 spiro atoms. The number of hydroxylamine groups is 2. The van der Waals surface area contributed by atoms with Gasteiger partial charge in [0.15, 0.2) is 5.75 Å². The van der Waals surface area contributed by atoms with Gasteiger partial charge in [0.2, 0.25) is 11.7 Å². The topological polar surface area (TPSA) is 69.2 Å². The second kappa shape index (κ2) is 12.9. The fraction of sp³-hybridized carbons (Fsp3) is 0.407. The summed E-state index contributed by atoms with van der Waals surface area (Å²) < 4.78 is 95.1. The third-order valence-corrected chi connectivity index (χ3v) is 6.19. The van der Waals surface area contributed by atoms with Crippen molar-refractivity contribution in [2.24, 2.45) is 10.9 Å². The van der Waals surface area contributed by atoms with Crippen molar-refractivity contribution in [3.8, 4) is 5.75 Å². The van der Waals surface area contributed by atoms with Crippen LogP contribution in [0.15, 0.2) is 59.7 Å². The number of nitrogens with zero attached hydrogens (tertiary/aromatic N) is 3. The van der Waals surface area contributed by atoms with Gasteiger partial charge in [-0.2, -0.15) is 31.4 Å². The van der Waals surface area contributed by atoms with Gasteiger partial charge in [-0.1, -0.05) is 13.8 Å². The average Bonchev–Trinajstić information content (AvgIpc) is 2.93. The van der Waals surface area contributed by atoms with Crippen LogP contribution in [0.1, 0.15) is 30.5 Å². The molecule has 14 heteroatoms. The molecule has 2 heterocycles. The fourth-order valence-corrected chi connectivity index (χ4v) is 4.15. The van der Waals surface area contributed by atoms with Gasteiger partial charge >= 0.3 is 12.4 Å². The zero-order valence-corrected chi connectivity index (χ0v) is 22.5. The first-order chi connectivity index (χ1) is 19.2. The van der Waals surface area contributed by atoms with Crippen LogP contribution in [0.3, 0.4) is 0 Å². The van der Waals surface area contributed by atoms with E-state index in [2.05, 4.69) is 15.6 Å². The summed E-state index contributed by atoms with van der Waals surface area (Å²) in [5, 5.41) is 6.70. The van der Waals surface area contributed by atoms with Crippen LogP contribution in [0.25, 0.3) is 0 Å². The lowest BCUT2D eigenvalue weighted by Crippen LogP contribution is -2.61. The maximum absolute atomic E-state index is 13.6. The van der Waals surface area contributed by atoms with Gasteiger partial charge in [-0.15, -0.1) is 0 Å². The van der Waals surface area contributed by atoms with E-state index in [0.717, 1.165) is 17.2 Å². The molecule has 7 nitrogen and oxygen atoms in total. The highest BCUT2D eigenvalue weighted by molar-refractivity contribution is 5.77. The number of alkyl halides is 6. The lowest BCUT2D eigenvalue weighted by molar-refractivity contribution is -0.182. The number of amides is 1. The van der Waals surface area contributed by atoms with Gasteiger partial charge < -0.3 is 15.5 Å². The number of hydrogen-bond acceptors (Lipinski definition) is 6. The molecule has 2 aromatic rings. The van der Waals surface area contributed by atoms with Gasteiger partial charge in [-0.25, -0.2) is 9.38 Å². The molecule has 0 radical (unpaired) electrons. The van der Waals surface area contributed by atoms with Crippen LogP contribution >= 0.6 is 0 Å². The standard InChI is InChI=1S/C22H19F7N4O.C5H11NO/c23-18-2-4-19(5-3-18)34-33-9-1-6-31-22(33,32-10-7-30-8-11-32)17-13-15(20(24,25)26)12-16(14-17)21(27,28)29;1-4(2)5(7)6-3/h1-6,9,12-14,30H,7-8,10-11H2;4H,1-3H3,(H,6,7). The summed E-state index contributed by atoms with van der Waals surface area (Å²) in [5.74, 6) is -2.09. The van der Waals surface area contributed by atoms with Crippen molar-refractivity contribution >= 4 is 12.1 Å². The Morgan fingerprint density at radius 2 is 1.56 bits per heavy atom. The second-order valence-electron chi connectivity index (χ2n) is 9.43. The highest BCUT2D eigenvalue weighted by Crippen LogP contribution is 2.43. The number of aliphatic imine (C=N–C) groups is 1. The number of carbonyl (C=O) groups is 1. The predicted octanol–water partition coefficient (Wildman–Crippen LogP) is 5.16. The van der Waals surface area contributed by atoms with Crippen LogP contribution in [-0.2, 0) is 22.9 Å². The molecule has 1 unspecified atom stereocenters. The fourth-order valence-electron chi connectivity index (χ4n) is 4.15. The van der Waals surface area contributed by atoms with Crippen LogP contribution < -0.4 is 15.5 Å². The van der Waals surface area contributed by atoms with Crippen LogP contribution in [0.2, 0.25) is 0 Å². The molecular formula is C27H30F7N5O2. The smallest absolute Gasteiger partial charge is 0.376 e. The zero-order chi connectivity index (χ0) is 30.4. The molecule has 1 atom stereocenters. The Bertz CT molecular complexity index is 1210. The molecule has 0 aromatic heterocycles. The predicted molar refractivity (Wildman–Crippen MR) is 138 cm³/mol. The zero-order valence-electron chi connectivity index (χ0n) is 22.5. The number of halogens is 7. The average molecular weight is 590 g/mol. The van der Waals surface area contributed by atoms with E-state index in [1.54, 1.807) is 11.9 Å².